The molecule has 0 saturated heterocycles. The summed E-state index contributed by atoms with van der Waals surface area (Å²) in [5.41, 5.74) is 1.88. The molecule has 23 heavy (non-hydrogen) atoms. The molecule has 0 bridgehead atoms. The second-order valence-electron chi connectivity index (χ2n) is 5.56. The van der Waals surface area contributed by atoms with Gasteiger partial charge in [0.25, 0.3) is 0 Å². The van der Waals surface area contributed by atoms with E-state index in [1.807, 2.05) is 43.3 Å². The second kappa shape index (κ2) is 8.22. The number of para-hydroxylation sites is 2. The van der Waals surface area contributed by atoms with Crippen molar-refractivity contribution in [3.63, 3.8) is 0 Å². The Hall–Kier alpha value is -2.49. The maximum atomic E-state index is 12.1. The Bertz CT molecular complexity index is 655. The highest BCUT2D eigenvalue weighted by Crippen LogP contribution is 2.18. The van der Waals surface area contributed by atoms with Gasteiger partial charge >= 0.3 is 0 Å². The van der Waals surface area contributed by atoms with Gasteiger partial charge in [-0.2, -0.15) is 0 Å². The maximum absolute atomic E-state index is 12.1. The van der Waals surface area contributed by atoms with E-state index in [1.54, 1.807) is 24.1 Å². The van der Waals surface area contributed by atoms with Crippen molar-refractivity contribution >= 4 is 5.91 Å². The first-order valence-corrected chi connectivity index (χ1v) is 7.77. The quantitative estimate of drug-likeness (QED) is 0.854. The number of benzene rings is 2. The Balaban J connectivity index is 1.75. The summed E-state index contributed by atoms with van der Waals surface area (Å²) in [6.45, 7) is 2.99. The number of amides is 1. The number of phenols is 1. The Labute approximate surface area is 137 Å². The number of hydrogen-bond acceptors (Lipinski definition) is 3. The Morgan fingerprint density at radius 2 is 1.83 bits per heavy atom. The van der Waals surface area contributed by atoms with Gasteiger partial charge in [-0.05, 0) is 36.6 Å². The fourth-order valence-electron chi connectivity index (χ4n) is 2.29. The standard InChI is InChI=1S/C19H23NO3/c1-15-7-3-6-10-18(15)23-14-13-20(2)19(22)12-11-16-8-4-5-9-17(16)21/h3-10,21H,11-14H2,1-2H3. The van der Waals surface area contributed by atoms with Gasteiger partial charge in [0, 0.05) is 13.5 Å². The third kappa shape index (κ3) is 5.02. The zero-order chi connectivity index (χ0) is 16.7. The number of nitrogens with zero attached hydrogens (tertiary/aromatic N) is 1. The molecule has 0 atom stereocenters. The topological polar surface area (TPSA) is 49.8 Å². The van der Waals surface area contributed by atoms with Crippen LogP contribution in [-0.4, -0.2) is 36.1 Å². The van der Waals surface area contributed by atoms with Crippen molar-refractivity contribution in [2.45, 2.75) is 19.8 Å². The van der Waals surface area contributed by atoms with Gasteiger partial charge in [0.15, 0.2) is 0 Å². The summed E-state index contributed by atoms with van der Waals surface area (Å²) in [6, 6.07) is 14.9. The molecular weight excluding hydrogens is 290 g/mol. The molecule has 0 aliphatic heterocycles. The molecule has 2 aromatic carbocycles. The summed E-state index contributed by atoms with van der Waals surface area (Å²) in [4.78, 5) is 13.8. The van der Waals surface area contributed by atoms with Crippen LogP contribution in [0.4, 0.5) is 0 Å². The summed E-state index contributed by atoms with van der Waals surface area (Å²) in [5.74, 6) is 1.13. The van der Waals surface area contributed by atoms with E-state index < -0.39 is 0 Å². The van der Waals surface area contributed by atoms with E-state index in [9.17, 15) is 9.90 Å². The lowest BCUT2D eigenvalue weighted by atomic mass is 10.1. The molecule has 0 spiro atoms. The van der Waals surface area contributed by atoms with Gasteiger partial charge in [-0.3, -0.25) is 4.79 Å². The number of likely N-dealkylation sites (N-methyl/N-ethyl adjacent to an activating group) is 1. The van der Waals surface area contributed by atoms with Crippen LogP contribution in [0.2, 0.25) is 0 Å². The fourth-order valence-corrected chi connectivity index (χ4v) is 2.29. The third-order valence-corrected chi connectivity index (χ3v) is 3.80. The second-order valence-corrected chi connectivity index (χ2v) is 5.56. The first-order chi connectivity index (χ1) is 11.1. The van der Waals surface area contributed by atoms with E-state index in [1.165, 1.54) is 0 Å². The minimum absolute atomic E-state index is 0.0432. The molecule has 1 amide bonds. The Morgan fingerprint density at radius 3 is 2.57 bits per heavy atom. The van der Waals surface area contributed by atoms with Crippen molar-refractivity contribution in [1.29, 1.82) is 0 Å². The van der Waals surface area contributed by atoms with Crippen molar-refractivity contribution < 1.29 is 14.6 Å². The molecule has 0 aliphatic carbocycles. The van der Waals surface area contributed by atoms with Crippen LogP contribution in [0.1, 0.15) is 17.5 Å². The predicted octanol–water partition coefficient (Wildman–Crippen LogP) is 3.17. The molecule has 0 radical (unpaired) electrons. The van der Waals surface area contributed by atoms with Crippen LogP contribution in [0.5, 0.6) is 11.5 Å². The number of aromatic hydroxyl groups is 1. The average molecular weight is 313 g/mol. The zero-order valence-electron chi connectivity index (χ0n) is 13.7. The number of carbonyl (C=O) groups excluding carboxylic acids is 1. The zero-order valence-corrected chi connectivity index (χ0v) is 13.7. The molecule has 0 aliphatic rings. The molecule has 2 aromatic rings. The third-order valence-electron chi connectivity index (χ3n) is 3.80. The highest BCUT2D eigenvalue weighted by atomic mass is 16.5. The first-order valence-electron chi connectivity index (χ1n) is 7.77. The molecule has 0 unspecified atom stereocenters. The highest BCUT2D eigenvalue weighted by molar-refractivity contribution is 5.76. The van der Waals surface area contributed by atoms with Crippen LogP contribution in [0, 0.1) is 6.92 Å². The summed E-state index contributed by atoms with van der Waals surface area (Å²) in [5, 5.41) is 9.71. The number of carbonyl (C=O) groups is 1. The van der Waals surface area contributed by atoms with Crippen LogP contribution in [0.3, 0.4) is 0 Å². The Kier molecular flexibility index (Phi) is 6.03. The molecule has 4 heteroatoms. The van der Waals surface area contributed by atoms with Crippen molar-refractivity contribution in [1.82, 2.24) is 4.90 Å². The van der Waals surface area contributed by atoms with Gasteiger partial charge in [-0.1, -0.05) is 36.4 Å². The highest BCUT2D eigenvalue weighted by Gasteiger charge is 2.10. The van der Waals surface area contributed by atoms with Crippen molar-refractivity contribution in [2.75, 3.05) is 20.2 Å². The van der Waals surface area contributed by atoms with Gasteiger partial charge in [0.05, 0.1) is 6.54 Å². The van der Waals surface area contributed by atoms with Crippen LogP contribution < -0.4 is 4.74 Å². The average Bonchev–Trinajstić information content (AvgIpc) is 2.55. The molecule has 0 saturated carbocycles. The molecule has 4 nitrogen and oxygen atoms in total. The number of ether oxygens (including phenoxy) is 1. The number of rotatable bonds is 7. The molecule has 0 aromatic heterocycles. The van der Waals surface area contributed by atoms with E-state index in [4.69, 9.17) is 4.74 Å². The lowest BCUT2D eigenvalue weighted by Gasteiger charge is -2.18. The summed E-state index contributed by atoms with van der Waals surface area (Å²) < 4.78 is 5.71. The summed E-state index contributed by atoms with van der Waals surface area (Å²) in [6.07, 6.45) is 0.910. The largest absolute Gasteiger partial charge is 0.508 e. The molecule has 0 fully saturated rings. The Morgan fingerprint density at radius 1 is 1.13 bits per heavy atom. The minimum atomic E-state index is 0.0432. The van der Waals surface area contributed by atoms with Crippen LogP contribution in [0.25, 0.3) is 0 Å². The van der Waals surface area contributed by atoms with E-state index in [-0.39, 0.29) is 11.7 Å². The van der Waals surface area contributed by atoms with Crippen molar-refractivity contribution in [3.05, 3.63) is 59.7 Å². The van der Waals surface area contributed by atoms with E-state index in [2.05, 4.69) is 0 Å². The fraction of sp³-hybridized carbons (Fsp3) is 0.316. The van der Waals surface area contributed by atoms with Crippen molar-refractivity contribution in [3.8, 4) is 11.5 Å². The molecule has 122 valence electrons. The monoisotopic (exact) mass is 313 g/mol. The minimum Gasteiger partial charge on any atom is -0.508 e. The van der Waals surface area contributed by atoms with Crippen LogP contribution in [0.15, 0.2) is 48.5 Å². The summed E-state index contributed by atoms with van der Waals surface area (Å²) in [7, 11) is 1.77. The first kappa shape index (κ1) is 16.9. The molecule has 2 rings (SSSR count). The number of hydrogen-bond donors (Lipinski definition) is 1. The number of aryl methyl sites for hydroxylation is 2. The molecule has 1 N–H and O–H groups in total. The van der Waals surface area contributed by atoms with Crippen molar-refractivity contribution in [2.24, 2.45) is 0 Å². The smallest absolute Gasteiger partial charge is 0.222 e. The van der Waals surface area contributed by atoms with E-state index in [0.29, 0.717) is 26.0 Å². The van der Waals surface area contributed by atoms with Gasteiger partial charge in [-0.15, -0.1) is 0 Å². The molecule has 0 heterocycles. The van der Waals surface area contributed by atoms with Gasteiger partial charge in [-0.25, -0.2) is 0 Å². The SMILES string of the molecule is Cc1ccccc1OCCN(C)C(=O)CCc1ccccc1O. The van der Waals surface area contributed by atoms with Crippen LogP contribution >= 0.6 is 0 Å². The lowest BCUT2D eigenvalue weighted by Crippen LogP contribution is -2.31. The van der Waals surface area contributed by atoms with Gasteiger partial charge in [0.2, 0.25) is 5.91 Å². The lowest BCUT2D eigenvalue weighted by molar-refractivity contribution is -0.130. The normalized spacial score (nSPS) is 10.3. The van der Waals surface area contributed by atoms with E-state index >= 15 is 0 Å². The summed E-state index contributed by atoms with van der Waals surface area (Å²) >= 11 is 0. The van der Waals surface area contributed by atoms with Gasteiger partial charge in [0.1, 0.15) is 18.1 Å². The molecular formula is C19H23NO3. The number of phenolic OH excluding ortho intramolecular Hbond substituents is 1. The maximum Gasteiger partial charge on any atom is 0.222 e. The predicted molar refractivity (Wildman–Crippen MR) is 90.7 cm³/mol. The van der Waals surface area contributed by atoms with Crippen LogP contribution in [-0.2, 0) is 11.2 Å². The van der Waals surface area contributed by atoms with E-state index in [0.717, 1.165) is 16.9 Å². The van der Waals surface area contributed by atoms with Gasteiger partial charge < -0.3 is 14.7 Å².